The van der Waals surface area contributed by atoms with Crippen LogP contribution in [0.5, 0.6) is 0 Å². The van der Waals surface area contributed by atoms with Gasteiger partial charge in [0.25, 0.3) is 0 Å². The third kappa shape index (κ3) is 1.78. The van der Waals surface area contributed by atoms with Crippen molar-refractivity contribution >= 4 is 5.69 Å². The molecule has 1 aromatic carbocycles. The Morgan fingerprint density at radius 1 is 1.28 bits per heavy atom. The molecular weight excluding hydrogens is 220 g/mol. The summed E-state index contributed by atoms with van der Waals surface area (Å²) in [5.41, 5.74) is 6.78. The summed E-state index contributed by atoms with van der Waals surface area (Å²) >= 11 is 0. The molecule has 2 heterocycles. The van der Waals surface area contributed by atoms with Crippen molar-refractivity contribution in [3.8, 4) is 11.1 Å². The van der Waals surface area contributed by atoms with Crippen LogP contribution >= 0.6 is 0 Å². The van der Waals surface area contributed by atoms with Gasteiger partial charge in [-0.3, -0.25) is 4.98 Å². The Kier molecular flexibility index (Phi) is 2.78. The third-order valence-corrected chi connectivity index (χ3v) is 3.81. The van der Waals surface area contributed by atoms with Gasteiger partial charge in [0, 0.05) is 37.2 Å². The highest BCUT2D eigenvalue weighted by Gasteiger charge is 2.16. The van der Waals surface area contributed by atoms with Gasteiger partial charge in [-0.25, -0.2) is 0 Å². The largest absolute Gasteiger partial charge is 0.374 e. The first kappa shape index (κ1) is 11.3. The number of pyridine rings is 1. The van der Waals surface area contributed by atoms with E-state index in [2.05, 4.69) is 48.1 Å². The zero-order valence-electron chi connectivity index (χ0n) is 11.0. The number of rotatable bonds is 2. The van der Waals surface area contributed by atoms with E-state index in [0.29, 0.717) is 0 Å². The minimum Gasteiger partial charge on any atom is -0.374 e. The Hall–Kier alpha value is -1.83. The van der Waals surface area contributed by atoms with Crippen molar-refractivity contribution in [2.24, 2.45) is 0 Å². The molecule has 0 aliphatic carbocycles. The Balaban J connectivity index is 2.08. The average molecular weight is 238 g/mol. The fourth-order valence-corrected chi connectivity index (χ4v) is 2.73. The smallest absolute Gasteiger partial charge is 0.0397 e. The number of aryl methyl sites for hydroxylation is 1. The molecule has 0 saturated carbocycles. The quantitative estimate of drug-likeness (QED) is 0.798. The number of hydrogen-bond donors (Lipinski definition) is 0. The molecule has 3 rings (SSSR count). The zero-order chi connectivity index (χ0) is 12.5. The van der Waals surface area contributed by atoms with Gasteiger partial charge in [0.2, 0.25) is 0 Å². The Bertz CT molecular complexity index is 575. The van der Waals surface area contributed by atoms with Gasteiger partial charge in [-0.15, -0.1) is 0 Å². The fraction of sp³-hybridized carbons (Fsp3) is 0.312. The molecule has 0 bridgehead atoms. The van der Waals surface area contributed by atoms with Crippen LogP contribution in [0, 0.1) is 0 Å². The van der Waals surface area contributed by atoms with Crippen molar-refractivity contribution in [1.29, 1.82) is 0 Å². The van der Waals surface area contributed by atoms with Crippen molar-refractivity contribution in [3.05, 3.63) is 47.8 Å². The summed E-state index contributed by atoms with van der Waals surface area (Å²) in [5, 5.41) is 0. The predicted octanol–water partition coefficient (Wildman–Crippen LogP) is 3.30. The standard InChI is InChI=1S/C16H18N2/c1-3-12-6-8-17-11-15(12)13-4-5-16-14(10-13)7-9-18(16)2/h4-6,8,10-11H,3,7,9H2,1-2H3. The van der Waals surface area contributed by atoms with Crippen LogP contribution in [0.1, 0.15) is 18.1 Å². The van der Waals surface area contributed by atoms with Gasteiger partial charge in [-0.2, -0.15) is 0 Å². The van der Waals surface area contributed by atoms with Gasteiger partial charge >= 0.3 is 0 Å². The second-order valence-corrected chi connectivity index (χ2v) is 4.90. The lowest BCUT2D eigenvalue weighted by Crippen LogP contribution is -2.12. The first-order valence-corrected chi connectivity index (χ1v) is 6.57. The summed E-state index contributed by atoms with van der Waals surface area (Å²) in [4.78, 5) is 6.59. The van der Waals surface area contributed by atoms with E-state index in [9.17, 15) is 0 Å². The highest BCUT2D eigenvalue weighted by molar-refractivity contribution is 5.72. The van der Waals surface area contributed by atoms with E-state index in [4.69, 9.17) is 0 Å². The number of benzene rings is 1. The minimum absolute atomic E-state index is 1.05. The van der Waals surface area contributed by atoms with E-state index in [0.717, 1.165) is 19.4 Å². The number of aromatic nitrogens is 1. The maximum absolute atomic E-state index is 4.27. The fourth-order valence-electron chi connectivity index (χ4n) is 2.73. The molecule has 0 atom stereocenters. The van der Waals surface area contributed by atoms with E-state index < -0.39 is 0 Å². The maximum Gasteiger partial charge on any atom is 0.0397 e. The summed E-state index contributed by atoms with van der Waals surface area (Å²) in [5.74, 6) is 0. The first-order valence-electron chi connectivity index (χ1n) is 6.57. The van der Waals surface area contributed by atoms with Gasteiger partial charge in [0.1, 0.15) is 0 Å². The number of fused-ring (bicyclic) bond motifs is 1. The van der Waals surface area contributed by atoms with Gasteiger partial charge in [-0.1, -0.05) is 13.0 Å². The monoisotopic (exact) mass is 238 g/mol. The highest BCUT2D eigenvalue weighted by Crippen LogP contribution is 2.32. The molecular formula is C16H18N2. The van der Waals surface area contributed by atoms with Crippen molar-refractivity contribution < 1.29 is 0 Å². The molecule has 2 aromatic rings. The highest BCUT2D eigenvalue weighted by atomic mass is 15.1. The summed E-state index contributed by atoms with van der Waals surface area (Å²) < 4.78 is 0. The summed E-state index contributed by atoms with van der Waals surface area (Å²) in [6.45, 7) is 3.33. The molecule has 18 heavy (non-hydrogen) atoms. The molecule has 1 aliphatic rings. The molecule has 1 aliphatic heterocycles. The van der Waals surface area contributed by atoms with Crippen molar-refractivity contribution in [3.63, 3.8) is 0 Å². The van der Waals surface area contributed by atoms with Crippen molar-refractivity contribution in [2.45, 2.75) is 19.8 Å². The second-order valence-electron chi connectivity index (χ2n) is 4.90. The van der Waals surface area contributed by atoms with Crippen LogP contribution in [0.3, 0.4) is 0 Å². The third-order valence-electron chi connectivity index (χ3n) is 3.81. The SMILES string of the molecule is CCc1ccncc1-c1ccc2c(c1)CCN2C. The topological polar surface area (TPSA) is 16.1 Å². The van der Waals surface area contributed by atoms with Gasteiger partial charge in [-0.05, 0) is 47.7 Å². The van der Waals surface area contributed by atoms with E-state index >= 15 is 0 Å². The second kappa shape index (κ2) is 4.45. The Morgan fingerprint density at radius 3 is 3.00 bits per heavy atom. The molecule has 92 valence electrons. The van der Waals surface area contributed by atoms with Crippen LogP contribution in [0.4, 0.5) is 5.69 Å². The summed E-state index contributed by atoms with van der Waals surface area (Å²) in [6, 6.07) is 8.91. The maximum atomic E-state index is 4.27. The molecule has 0 N–H and O–H groups in total. The lowest BCUT2D eigenvalue weighted by Gasteiger charge is -2.13. The molecule has 0 fully saturated rings. The van der Waals surface area contributed by atoms with E-state index in [1.165, 1.54) is 27.9 Å². The molecule has 0 amide bonds. The number of likely N-dealkylation sites (N-methyl/N-ethyl adjacent to an activating group) is 1. The van der Waals surface area contributed by atoms with Crippen LogP contribution < -0.4 is 4.90 Å². The van der Waals surface area contributed by atoms with Crippen molar-refractivity contribution in [1.82, 2.24) is 4.98 Å². The van der Waals surface area contributed by atoms with E-state index in [1.807, 2.05) is 12.4 Å². The van der Waals surface area contributed by atoms with Crippen LogP contribution in [-0.4, -0.2) is 18.6 Å². The van der Waals surface area contributed by atoms with Gasteiger partial charge in [0.05, 0.1) is 0 Å². The minimum atomic E-state index is 1.05. The Morgan fingerprint density at radius 2 is 2.17 bits per heavy atom. The number of anilines is 1. The van der Waals surface area contributed by atoms with E-state index in [-0.39, 0.29) is 0 Å². The molecule has 0 saturated heterocycles. The zero-order valence-corrected chi connectivity index (χ0v) is 11.0. The van der Waals surface area contributed by atoms with Gasteiger partial charge in [0.15, 0.2) is 0 Å². The molecule has 1 aromatic heterocycles. The number of nitrogens with zero attached hydrogens (tertiary/aromatic N) is 2. The molecule has 0 radical (unpaired) electrons. The normalized spacial score (nSPS) is 13.8. The van der Waals surface area contributed by atoms with Crippen LogP contribution in [0.2, 0.25) is 0 Å². The van der Waals surface area contributed by atoms with E-state index in [1.54, 1.807) is 0 Å². The van der Waals surface area contributed by atoms with Gasteiger partial charge < -0.3 is 4.90 Å². The van der Waals surface area contributed by atoms with Crippen LogP contribution in [0.25, 0.3) is 11.1 Å². The van der Waals surface area contributed by atoms with Crippen LogP contribution in [0.15, 0.2) is 36.7 Å². The summed E-state index contributed by atoms with van der Waals surface area (Å²) in [6.07, 6.45) is 6.07. The molecule has 0 unspecified atom stereocenters. The van der Waals surface area contributed by atoms with Crippen molar-refractivity contribution in [2.75, 3.05) is 18.5 Å². The molecule has 2 nitrogen and oxygen atoms in total. The number of hydrogen-bond acceptors (Lipinski definition) is 2. The lowest BCUT2D eigenvalue weighted by atomic mass is 9.98. The molecule has 0 spiro atoms. The molecule has 2 heteroatoms. The summed E-state index contributed by atoms with van der Waals surface area (Å²) in [7, 11) is 2.16. The predicted molar refractivity (Wildman–Crippen MR) is 76.0 cm³/mol. The lowest BCUT2D eigenvalue weighted by molar-refractivity contribution is 0.956. The van der Waals surface area contributed by atoms with Crippen LogP contribution in [-0.2, 0) is 12.8 Å². The Labute approximate surface area is 108 Å². The average Bonchev–Trinajstić information content (AvgIpc) is 2.80. The first-order chi connectivity index (χ1) is 8.79.